The Bertz CT molecular complexity index is 146. The molecule has 1 N–H and O–H groups in total. The minimum Gasteiger partial charge on any atom is -0.383 e. The van der Waals surface area contributed by atoms with Crippen LogP contribution in [0.5, 0.6) is 0 Å². The molecule has 0 saturated carbocycles. The monoisotopic (exact) mass is 186 g/mol. The molecule has 0 bridgehead atoms. The van der Waals surface area contributed by atoms with Crippen molar-refractivity contribution in [1.82, 2.24) is 10.2 Å². The third-order valence-corrected chi connectivity index (χ3v) is 2.97. The molecular formula is C10H22N2O. The molecule has 1 atom stereocenters. The fourth-order valence-corrected chi connectivity index (χ4v) is 1.78. The summed E-state index contributed by atoms with van der Waals surface area (Å²) in [6.45, 7) is 7.61. The zero-order chi connectivity index (χ0) is 9.84. The number of likely N-dealkylation sites (N-methyl/N-ethyl adjacent to an activating group) is 1. The molecular weight excluding hydrogens is 164 g/mol. The SMILES string of the molecule is COCC(C(C)C)N(C)C1CNC1. The van der Waals surface area contributed by atoms with Crippen LogP contribution in [0.4, 0.5) is 0 Å². The van der Waals surface area contributed by atoms with Gasteiger partial charge in [-0.25, -0.2) is 0 Å². The molecule has 0 aromatic carbocycles. The zero-order valence-electron chi connectivity index (χ0n) is 9.21. The Morgan fingerprint density at radius 1 is 1.46 bits per heavy atom. The molecule has 13 heavy (non-hydrogen) atoms. The molecule has 0 spiro atoms. The van der Waals surface area contributed by atoms with Gasteiger partial charge >= 0.3 is 0 Å². The van der Waals surface area contributed by atoms with Gasteiger partial charge in [0.15, 0.2) is 0 Å². The van der Waals surface area contributed by atoms with Crippen molar-refractivity contribution >= 4 is 0 Å². The molecule has 0 amide bonds. The van der Waals surface area contributed by atoms with E-state index in [1.54, 1.807) is 7.11 Å². The van der Waals surface area contributed by atoms with Gasteiger partial charge in [-0.15, -0.1) is 0 Å². The standard InChI is InChI=1S/C10H22N2O/c1-8(2)10(7-13-4)12(3)9-5-11-6-9/h8-11H,5-7H2,1-4H3. The first-order valence-electron chi connectivity index (χ1n) is 5.08. The van der Waals surface area contributed by atoms with Crippen molar-refractivity contribution in [3.8, 4) is 0 Å². The van der Waals surface area contributed by atoms with Crippen LogP contribution in [-0.2, 0) is 4.74 Å². The van der Waals surface area contributed by atoms with Gasteiger partial charge in [0.2, 0.25) is 0 Å². The van der Waals surface area contributed by atoms with Gasteiger partial charge in [-0.2, -0.15) is 0 Å². The van der Waals surface area contributed by atoms with E-state index >= 15 is 0 Å². The molecule has 1 unspecified atom stereocenters. The number of nitrogens with one attached hydrogen (secondary N) is 1. The molecule has 0 aromatic heterocycles. The Labute approximate surface area is 81.4 Å². The van der Waals surface area contributed by atoms with Crippen molar-refractivity contribution in [3.63, 3.8) is 0 Å². The summed E-state index contributed by atoms with van der Waals surface area (Å²) >= 11 is 0. The highest BCUT2D eigenvalue weighted by atomic mass is 16.5. The fraction of sp³-hybridized carbons (Fsp3) is 1.00. The minimum atomic E-state index is 0.553. The first-order valence-corrected chi connectivity index (χ1v) is 5.08. The third-order valence-electron chi connectivity index (χ3n) is 2.97. The molecule has 78 valence electrons. The van der Waals surface area contributed by atoms with Crippen molar-refractivity contribution < 1.29 is 4.74 Å². The summed E-state index contributed by atoms with van der Waals surface area (Å²) in [5.74, 6) is 0.658. The van der Waals surface area contributed by atoms with Crippen LogP contribution in [0.2, 0.25) is 0 Å². The second kappa shape index (κ2) is 4.94. The molecule has 1 aliphatic rings. The molecule has 1 rings (SSSR count). The molecule has 0 aromatic rings. The largest absolute Gasteiger partial charge is 0.383 e. The van der Waals surface area contributed by atoms with Crippen molar-refractivity contribution in [2.75, 3.05) is 33.9 Å². The van der Waals surface area contributed by atoms with Crippen molar-refractivity contribution in [2.24, 2.45) is 5.92 Å². The smallest absolute Gasteiger partial charge is 0.0620 e. The lowest BCUT2D eigenvalue weighted by atomic mass is 10.00. The average Bonchev–Trinajstić information content (AvgIpc) is 1.95. The second-order valence-electron chi connectivity index (χ2n) is 4.24. The number of nitrogens with zero attached hydrogens (tertiary/aromatic N) is 1. The van der Waals surface area contributed by atoms with Crippen LogP contribution in [0.15, 0.2) is 0 Å². The highest BCUT2D eigenvalue weighted by molar-refractivity contribution is 4.87. The number of hydrogen-bond donors (Lipinski definition) is 1. The molecule has 1 fully saturated rings. The van der Waals surface area contributed by atoms with Gasteiger partial charge in [0.05, 0.1) is 6.61 Å². The Hall–Kier alpha value is -0.120. The highest BCUT2D eigenvalue weighted by Crippen LogP contribution is 2.14. The fourth-order valence-electron chi connectivity index (χ4n) is 1.78. The maximum atomic E-state index is 5.24. The summed E-state index contributed by atoms with van der Waals surface area (Å²) < 4.78 is 5.24. The molecule has 1 heterocycles. The first-order chi connectivity index (χ1) is 6.16. The molecule has 3 heteroatoms. The number of ether oxygens (including phenoxy) is 1. The van der Waals surface area contributed by atoms with E-state index in [2.05, 4.69) is 31.1 Å². The van der Waals surface area contributed by atoms with E-state index in [9.17, 15) is 0 Å². The normalized spacial score (nSPS) is 20.8. The molecule has 0 radical (unpaired) electrons. The summed E-state index contributed by atoms with van der Waals surface area (Å²) in [4.78, 5) is 2.45. The quantitative estimate of drug-likeness (QED) is 0.679. The van der Waals surface area contributed by atoms with Gasteiger partial charge in [0, 0.05) is 32.3 Å². The van der Waals surface area contributed by atoms with Crippen molar-refractivity contribution in [3.05, 3.63) is 0 Å². The lowest BCUT2D eigenvalue weighted by Gasteiger charge is -2.41. The molecule has 3 nitrogen and oxygen atoms in total. The summed E-state index contributed by atoms with van der Waals surface area (Å²) in [6, 6.07) is 1.26. The van der Waals surface area contributed by atoms with Gasteiger partial charge in [-0.3, -0.25) is 4.90 Å². The van der Waals surface area contributed by atoms with Gasteiger partial charge in [0.25, 0.3) is 0 Å². The lowest BCUT2D eigenvalue weighted by molar-refractivity contribution is 0.0389. The van der Waals surface area contributed by atoms with E-state index in [0.717, 1.165) is 19.7 Å². The third kappa shape index (κ3) is 2.66. The van der Waals surface area contributed by atoms with Crippen LogP contribution in [0.3, 0.4) is 0 Å². The van der Waals surface area contributed by atoms with Gasteiger partial charge in [-0.1, -0.05) is 13.8 Å². The summed E-state index contributed by atoms with van der Waals surface area (Å²) in [5, 5.41) is 3.30. The number of rotatable bonds is 5. The molecule has 1 aliphatic heterocycles. The highest BCUT2D eigenvalue weighted by Gasteiger charge is 2.28. The average molecular weight is 186 g/mol. The van der Waals surface area contributed by atoms with Crippen LogP contribution < -0.4 is 5.32 Å². The predicted octanol–water partition coefficient (Wildman–Crippen LogP) is 0.561. The summed E-state index contributed by atoms with van der Waals surface area (Å²) in [6.07, 6.45) is 0. The zero-order valence-corrected chi connectivity index (χ0v) is 9.21. The Kier molecular flexibility index (Phi) is 4.16. The van der Waals surface area contributed by atoms with Crippen LogP contribution in [0.1, 0.15) is 13.8 Å². The van der Waals surface area contributed by atoms with Gasteiger partial charge < -0.3 is 10.1 Å². The topological polar surface area (TPSA) is 24.5 Å². The summed E-state index contributed by atoms with van der Waals surface area (Å²) in [7, 11) is 3.98. The van der Waals surface area contributed by atoms with E-state index in [1.807, 2.05) is 0 Å². The molecule has 1 saturated heterocycles. The Morgan fingerprint density at radius 3 is 2.38 bits per heavy atom. The van der Waals surface area contributed by atoms with E-state index < -0.39 is 0 Å². The maximum Gasteiger partial charge on any atom is 0.0620 e. The van der Waals surface area contributed by atoms with E-state index in [-0.39, 0.29) is 0 Å². The minimum absolute atomic E-state index is 0.553. The summed E-state index contributed by atoms with van der Waals surface area (Å²) in [5.41, 5.74) is 0. The molecule has 0 aliphatic carbocycles. The Morgan fingerprint density at radius 2 is 2.08 bits per heavy atom. The van der Waals surface area contributed by atoms with Gasteiger partial charge in [-0.05, 0) is 13.0 Å². The van der Waals surface area contributed by atoms with E-state index in [0.29, 0.717) is 18.0 Å². The Balaban J connectivity index is 2.41. The van der Waals surface area contributed by atoms with Crippen molar-refractivity contribution in [1.29, 1.82) is 0 Å². The van der Waals surface area contributed by atoms with Crippen LogP contribution in [0.25, 0.3) is 0 Å². The van der Waals surface area contributed by atoms with Crippen LogP contribution in [0, 0.1) is 5.92 Å². The number of hydrogen-bond acceptors (Lipinski definition) is 3. The maximum absolute atomic E-state index is 5.24. The number of methoxy groups -OCH3 is 1. The van der Waals surface area contributed by atoms with Crippen molar-refractivity contribution in [2.45, 2.75) is 25.9 Å². The lowest BCUT2D eigenvalue weighted by Crippen LogP contribution is -2.60. The van der Waals surface area contributed by atoms with Gasteiger partial charge in [0.1, 0.15) is 0 Å². The van der Waals surface area contributed by atoms with Crippen LogP contribution in [-0.4, -0.2) is 50.8 Å². The first kappa shape index (κ1) is 11.0. The predicted molar refractivity (Wildman–Crippen MR) is 54.9 cm³/mol. The second-order valence-corrected chi connectivity index (χ2v) is 4.24. The van der Waals surface area contributed by atoms with E-state index in [4.69, 9.17) is 4.74 Å². The van der Waals surface area contributed by atoms with Crippen LogP contribution >= 0.6 is 0 Å². The van der Waals surface area contributed by atoms with E-state index in [1.165, 1.54) is 0 Å².